The monoisotopic (exact) mass is 339 g/mol. The first-order chi connectivity index (χ1) is 10.5. The molecule has 0 bridgehead atoms. The summed E-state index contributed by atoms with van der Waals surface area (Å²) in [5.41, 5.74) is 2.11. The van der Waals surface area contributed by atoms with Crippen LogP contribution in [-0.2, 0) is 9.59 Å². The number of hydrogen-bond acceptors (Lipinski definition) is 3. The van der Waals surface area contributed by atoms with Gasteiger partial charge in [-0.2, -0.15) is 0 Å². The van der Waals surface area contributed by atoms with Crippen LogP contribution in [0.2, 0.25) is 0 Å². The van der Waals surface area contributed by atoms with E-state index in [1.54, 1.807) is 0 Å². The van der Waals surface area contributed by atoms with Crippen molar-refractivity contribution in [2.75, 3.05) is 13.1 Å². The molecular weight excluding hydrogens is 314 g/mol. The third kappa shape index (κ3) is 6.59. The number of piperidine rings is 1. The molecule has 2 atom stereocenters. The zero-order chi connectivity index (χ0) is 15.9. The highest BCUT2D eigenvalue weighted by atomic mass is 35.5. The van der Waals surface area contributed by atoms with Gasteiger partial charge in [-0.05, 0) is 31.9 Å². The molecule has 23 heavy (non-hydrogen) atoms. The summed E-state index contributed by atoms with van der Waals surface area (Å²) in [6.07, 6.45) is 2.35. The van der Waals surface area contributed by atoms with Crippen LogP contribution >= 0.6 is 12.4 Å². The van der Waals surface area contributed by atoms with Crippen LogP contribution in [0.3, 0.4) is 0 Å². The van der Waals surface area contributed by atoms with E-state index in [0.717, 1.165) is 37.1 Å². The van der Waals surface area contributed by atoms with E-state index in [1.807, 2.05) is 31.2 Å². The molecule has 1 fully saturated rings. The van der Waals surface area contributed by atoms with Gasteiger partial charge in [-0.1, -0.05) is 29.8 Å². The van der Waals surface area contributed by atoms with E-state index in [0.29, 0.717) is 0 Å². The molecule has 0 radical (unpaired) electrons. The van der Waals surface area contributed by atoms with Gasteiger partial charge >= 0.3 is 0 Å². The first-order valence-corrected chi connectivity index (χ1v) is 7.88. The van der Waals surface area contributed by atoms with Gasteiger partial charge in [-0.25, -0.2) is 0 Å². The maximum Gasteiger partial charge on any atom is 0.222 e. The molecule has 0 aliphatic carbocycles. The maximum absolute atomic E-state index is 12.3. The first-order valence-electron chi connectivity index (χ1n) is 7.88. The Bertz CT molecular complexity index is 513. The van der Waals surface area contributed by atoms with Crippen LogP contribution < -0.4 is 16.0 Å². The second kappa shape index (κ2) is 9.53. The minimum atomic E-state index is -0.283. The average Bonchev–Trinajstić information content (AvgIpc) is 2.48. The number of benzene rings is 1. The zero-order valence-corrected chi connectivity index (χ0v) is 14.5. The number of rotatable bonds is 5. The third-order valence-electron chi connectivity index (χ3n) is 3.91. The van der Waals surface area contributed by atoms with Crippen molar-refractivity contribution in [3.63, 3.8) is 0 Å². The maximum atomic E-state index is 12.3. The molecule has 0 aromatic heterocycles. The van der Waals surface area contributed by atoms with E-state index in [2.05, 4.69) is 16.0 Å². The lowest BCUT2D eigenvalue weighted by atomic mass is 10.0. The summed E-state index contributed by atoms with van der Waals surface area (Å²) in [6, 6.07) is 7.82. The van der Waals surface area contributed by atoms with Gasteiger partial charge in [0, 0.05) is 19.5 Å². The van der Waals surface area contributed by atoms with Gasteiger partial charge in [0.15, 0.2) is 0 Å². The Morgan fingerprint density at radius 2 is 2.00 bits per heavy atom. The second-order valence-electron chi connectivity index (χ2n) is 5.98. The molecule has 1 aromatic carbocycles. The largest absolute Gasteiger partial charge is 0.352 e. The summed E-state index contributed by atoms with van der Waals surface area (Å²) in [4.78, 5) is 23.7. The third-order valence-corrected chi connectivity index (χ3v) is 3.91. The number of carbonyl (C=O) groups excluding carboxylic acids is 2. The van der Waals surface area contributed by atoms with E-state index >= 15 is 0 Å². The second-order valence-corrected chi connectivity index (χ2v) is 5.98. The van der Waals surface area contributed by atoms with Crippen LogP contribution in [0.1, 0.15) is 43.4 Å². The highest BCUT2D eigenvalue weighted by molar-refractivity contribution is 5.85. The van der Waals surface area contributed by atoms with E-state index in [9.17, 15) is 9.59 Å². The molecule has 1 aliphatic rings. The van der Waals surface area contributed by atoms with Gasteiger partial charge < -0.3 is 16.0 Å². The minimum Gasteiger partial charge on any atom is -0.352 e. The minimum absolute atomic E-state index is 0. The van der Waals surface area contributed by atoms with Crippen LogP contribution in [-0.4, -0.2) is 30.9 Å². The molecule has 1 saturated heterocycles. The smallest absolute Gasteiger partial charge is 0.222 e. The molecule has 3 N–H and O–H groups in total. The van der Waals surface area contributed by atoms with E-state index < -0.39 is 0 Å². The highest BCUT2D eigenvalue weighted by Crippen LogP contribution is 2.18. The Kier molecular flexibility index (Phi) is 8.06. The predicted octanol–water partition coefficient (Wildman–Crippen LogP) is 1.85. The molecule has 0 spiro atoms. The Hall–Kier alpha value is -1.59. The van der Waals surface area contributed by atoms with Crippen molar-refractivity contribution >= 4 is 24.2 Å². The Morgan fingerprint density at radius 1 is 1.30 bits per heavy atom. The number of halogens is 1. The predicted molar refractivity (Wildman–Crippen MR) is 93.6 cm³/mol. The van der Waals surface area contributed by atoms with Crippen molar-refractivity contribution in [2.45, 2.75) is 45.2 Å². The fraction of sp³-hybridized carbons (Fsp3) is 0.529. The fourth-order valence-corrected chi connectivity index (χ4v) is 2.74. The molecule has 1 aromatic rings. The van der Waals surface area contributed by atoms with Crippen LogP contribution in [0.5, 0.6) is 0 Å². The fourth-order valence-electron chi connectivity index (χ4n) is 2.74. The average molecular weight is 340 g/mol. The molecule has 1 aliphatic heterocycles. The summed E-state index contributed by atoms with van der Waals surface area (Å²) < 4.78 is 0. The van der Waals surface area contributed by atoms with Crippen molar-refractivity contribution in [1.82, 2.24) is 16.0 Å². The lowest BCUT2D eigenvalue weighted by Crippen LogP contribution is -2.46. The van der Waals surface area contributed by atoms with Crippen LogP contribution in [0.15, 0.2) is 24.3 Å². The standard InChI is InChI=1S/C17H25N3O2.ClH/c1-12-5-7-14(8-6-12)16(19-13(2)21)10-17(22)20-15-4-3-9-18-11-15;/h5-8,15-16,18H,3-4,9-11H2,1-2H3,(H,19,21)(H,20,22);1H. The summed E-state index contributed by atoms with van der Waals surface area (Å²) in [5.74, 6) is -0.147. The van der Waals surface area contributed by atoms with Gasteiger partial charge in [0.25, 0.3) is 0 Å². The number of carbonyl (C=O) groups is 2. The molecule has 0 saturated carbocycles. The molecular formula is C17H26ClN3O2. The van der Waals surface area contributed by atoms with E-state index in [4.69, 9.17) is 0 Å². The van der Waals surface area contributed by atoms with Crippen molar-refractivity contribution in [1.29, 1.82) is 0 Å². The molecule has 2 rings (SSSR count). The summed E-state index contributed by atoms with van der Waals surface area (Å²) in [6.45, 7) is 5.33. The zero-order valence-electron chi connectivity index (χ0n) is 13.7. The number of aryl methyl sites for hydroxylation is 1. The van der Waals surface area contributed by atoms with Crippen molar-refractivity contribution in [3.8, 4) is 0 Å². The Labute approximate surface area is 144 Å². The Balaban J connectivity index is 0.00000264. The van der Waals surface area contributed by atoms with E-state index in [-0.39, 0.29) is 42.7 Å². The van der Waals surface area contributed by atoms with Gasteiger partial charge in [0.1, 0.15) is 0 Å². The van der Waals surface area contributed by atoms with Crippen LogP contribution in [0.25, 0.3) is 0 Å². The van der Waals surface area contributed by atoms with Gasteiger partial charge in [0.05, 0.1) is 12.5 Å². The van der Waals surface area contributed by atoms with Crippen molar-refractivity contribution < 1.29 is 9.59 Å². The summed E-state index contributed by atoms with van der Waals surface area (Å²) in [5, 5.41) is 9.20. The lowest BCUT2D eigenvalue weighted by Gasteiger charge is -2.25. The highest BCUT2D eigenvalue weighted by Gasteiger charge is 2.20. The lowest BCUT2D eigenvalue weighted by molar-refractivity contribution is -0.123. The van der Waals surface area contributed by atoms with Crippen LogP contribution in [0, 0.1) is 6.92 Å². The van der Waals surface area contributed by atoms with Gasteiger partial charge in [0.2, 0.25) is 11.8 Å². The molecule has 2 unspecified atom stereocenters. The van der Waals surface area contributed by atoms with Crippen molar-refractivity contribution in [2.24, 2.45) is 0 Å². The molecule has 2 amide bonds. The van der Waals surface area contributed by atoms with Gasteiger partial charge in [-0.3, -0.25) is 9.59 Å². The quantitative estimate of drug-likeness (QED) is 0.766. The summed E-state index contributed by atoms with van der Waals surface area (Å²) in [7, 11) is 0. The van der Waals surface area contributed by atoms with E-state index in [1.165, 1.54) is 6.92 Å². The molecule has 6 heteroatoms. The van der Waals surface area contributed by atoms with Crippen LogP contribution in [0.4, 0.5) is 0 Å². The van der Waals surface area contributed by atoms with Gasteiger partial charge in [-0.15, -0.1) is 12.4 Å². The SMILES string of the molecule is CC(=O)NC(CC(=O)NC1CCCNC1)c1ccc(C)cc1.Cl. The molecule has 128 valence electrons. The topological polar surface area (TPSA) is 70.2 Å². The number of amides is 2. The number of nitrogens with one attached hydrogen (secondary N) is 3. The Morgan fingerprint density at radius 3 is 2.57 bits per heavy atom. The first kappa shape index (κ1) is 19.5. The molecule has 1 heterocycles. The molecule has 5 nitrogen and oxygen atoms in total. The normalized spacial score (nSPS) is 18.4. The summed E-state index contributed by atoms with van der Waals surface area (Å²) >= 11 is 0. The number of hydrogen-bond donors (Lipinski definition) is 3. The van der Waals surface area contributed by atoms with Crippen molar-refractivity contribution in [3.05, 3.63) is 35.4 Å².